The van der Waals surface area contributed by atoms with Crippen LogP contribution in [0.25, 0.3) is 10.2 Å². The number of aromatic nitrogens is 2. The van der Waals surface area contributed by atoms with E-state index in [-0.39, 0.29) is 5.56 Å². The van der Waals surface area contributed by atoms with Gasteiger partial charge >= 0.3 is 0 Å². The van der Waals surface area contributed by atoms with E-state index in [0.29, 0.717) is 6.54 Å². The molecule has 0 fully saturated rings. The largest absolute Gasteiger partial charge is 0.294 e. The Kier molecular flexibility index (Phi) is 2.68. The predicted octanol–water partition coefficient (Wildman–Crippen LogP) is 2.42. The molecule has 2 aromatic heterocycles. The molecule has 2 rings (SSSR count). The summed E-state index contributed by atoms with van der Waals surface area (Å²) < 4.78 is 2.37. The van der Waals surface area contributed by atoms with Crippen LogP contribution in [0, 0.1) is 0 Å². The summed E-state index contributed by atoms with van der Waals surface area (Å²) in [5.41, 5.74) is 2.04. The summed E-state index contributed by atoms with van der Waals surface area (Å²) in [5, 5.41) is 1.89. The van der Waals surface area contributed by atoms with Crippen LogP contribution in [-0.4, -0.2) is 9.55 Å². The van der Waals surface area contributed by atoms with E-state index in [1.165, 1.54) is 16.9 Å². The molecule has 0 spiro atoms. The average molecular weight is 220 g/mol. The Labute approximate surface area is 91.7 Å². The molecule has 3 nitrogen and oxygen atoms in total. The third-order valence-corrected chi connectivity index (χ3v) is 3.02. The lowest BCUT2D eigenvalue weighted by Gasteiger charge is -2.01. The minimum Gasteiger partial charge on any atom is -0.294 e. The van der Waals surface area contributed by atoms with Crippen molar-refractivity contribution in [2.75, 3.05) is 0 Å². The van der Waals surface area contributed by atoms with Crippen molar-refractivity contribution in [1.82, 2.24) is 9.55 Å². The Hall–Kier alpha value is -1.42. The number of nitrogens with zero attached hydrogens (tertiary/aromatic N) is 2. The molecule has 78 valence electrons. The SMILES string of the molecule is CC(C)=CCn1cnc2ccsc2c1=O. The molecule has 0 radical (unpaired) electrons. The molecule has 4 heteroatoms. The highest BCUT2D eigenvalue weighted by molar-refractivity contribution is 7.17. The Balaban J connectivity index is 2.49. The van der Waals surface area contributed by atoms with Gasteiger partial charge in [0.15, 0.2) is 0 Å². The normalized spacial score (nSPS) is 10.5. The topological polar surface area (TPSA) is 34.9 Å². The zero-order chi connectivity index (χ0) is 10.8. The fourth-order valence-electron chi connectivity index (χ4n) is 1.29. The van der Waals surface area contributed by atoms with Gasteiger partial charge in [-0.2, -0.15) is 0 Å². The number of fused-ring (bicyclic) bond motifs is 1. The number of hydrogen-bond donors (Lipinski definition) is 0. The standard InChI is InChI=1S/C11H12N2OS/c1-8(2)3-5-13-7-12-9-4-6-15-10(9)11(13)14/h3-4,6-7H,5H2,1-2H3. The maximum absolute atomic E-state index is 11.9. The number of rotatable bonds is 2. The van der Waals surface area contributed by atoms with Crippen molar-refractivity contribution < 1.29 is 0 Å². The smallest absolute Gasteiger partial charge is 0.271 e. The molecule has 0 bridgehead atoms. The fourth-order valence-corrected chi connectivity index (χ4v) is 2.08. The maximum Gasteiger partial charge on any atom is 0.271 e. The van der Waals surface area contributed by atoms with Crippen molar-refractivity contribution in [3.63, 3.8) is 0 Å². The molecule has 0 saturated carbocycles. The molecule has 0 unspecified atom stereocenters. The predicted molar refractivity (Wildman–Crippen MR) is 63.3 cm³/mol. The minimum absolute atomic E-state index is 0.0486. The minimum atomic E-state index is 0.0486. The summed E-state index contributed by atoms with van der Waals surface area (Å²) in [4.78, 5) is 16.1. The molecule has 0 aliphatic heterocycles. The van der Waals surface area contributed by atoms with Crippen molar-refractivity contribution in [2.45, 2.75) is 20.4 Å². The lowest BCUT2D eigenvalue weighted by Crippen LogP contribution is -2.18. The molecular weight excluding hydrogens is 208 g/mol. The zero-order valence-corrected chi connectivity index (χ0v) is 9.54. The highest BCUT2D eigenvalue weighted by atomic mass is 32.1. The number of allylic oxidation sites excluding steroid dienone is 2. The summed E-state index contributed by atoms with van der Waals surface area (Å²) in [5.74, 6) is 0. The van der Waals surface area contributed by atoms with Crippen molar-refractivity contribution in [1.29, 1.82) is 0 Å². The molecule has 0 amide bonds. The first-order valence-corrected chi connectivity index (χ1v) is 5.62. The van der Waals surface area contributed by atoms with E-state index < -0.39 is 0 Å². The summed E-state index contributed by atoms with van der Waals surface area (Å²) in [6, 6.07) is 1.87. The summed E-state index contributed by atoms with van der Waals surface area (Å²) in [6.45, 7) is 4.63. The van der Waals surface area contributed by atoms with E-state index in [9.17, 15) is 4.79 Å². The van der Waals surface area contributed by atoms with Crippen LogP contribution >= 0.6 is 11.3 Å². The van der Waals surface area contributed by atoms with Crippen molar-refractivity contribution >= 4 is 21.6 Å². The monoisotopic (exact) mass is 220 g/mol. The van der Waals surface area contributed by atoms with Gasteiger partial charge in [-0.3, -0.25) is 9.36 Å². The Morgan fingerprint density at radius 1 is 1.60 bits per heavy atom. The van der Waals surface area contributed by atoms with Crippen molar-refractivity contribution in [3.05, 3.63) is 39.8 Å². The van der Waals surface area contributed by atoms with E-state index in [1.54, 1.807) is 10.9 Å². The molecule has 15 heavy (non-hydrogen) atoms. The van der Waals surface area contributed by atoms with E-state index in [0.717, 1.165) is 10.2 Å². The van der Waals surface area contributed by atoms with Gasteiger partial charge in [-0.15, -0.1) is 11.3 Å². The second-order valence-electron chi connectivity index (χ2n) is 3.62. The molecule has 0 aliphatic carbocycles. The van der Waals surface area contributed by atoms with Crippen LogP contribution in [0.1, 0.15) is 13.8 Å². The van der Waals surface area contributed by atoms with Crippen LogP contribution in [0.5, 0.6) is 0 Å². The third-order valence-electron chi connectivity index (χ3n) is 2.13. The molecule has 2 aromatic rings. The molecular formula is C11H12N2OS. The van der Waals surface area contributed by atoms with Gasteiger partial charge in [0, 0.05) is 6.54 Å². The summed E-state index contributed by atoms with van der Waals surface area (Å²) >= 11 is 1.45. The first kappa shape index (κ1) is 10.1. The van der Waals surface area contributed by atoms with Crippen LogP contribution in [0.4, 0.5) is 0 Å². The van der Waals surface area contributed by atoms with Gasteiger partial charge in [0.1, 0.15) is 4.70 Å². The summed E-state index contributed by atoms with van der Waals surface area (Å²) in [7, 11) is 0. The third kappa shape index (κ3) is 1.99. The van der Waals surface area contributed by atoms with Crippen molar-refractivity contribution in [2.24, 2.45) is 0 Å². The van der Waals surface area contributed by atoms with Crippen LogP contribution < -0.4 is 5.56 Å². The molecule has 0 N–H and O–H groups in total. The Bertz CT molecular complexity index is 561. The van der Waals surface area contributed by atoms with E-state index >= 15 is 0 Å². The van der Waals surface area contributed by atoms with Gasteiger partial charge in [0.05, 0.1) is 11.8 Å². The van der Waals surface area contributed by atoms with Crippen LogP contribution in [0.15, 0.2) is 34.2 Å². The molecule has 0 aliphatic rings. The highest BCUT2D eigenvalue weighted by Crippen LogP contribution is 2.13. The highest BCUT2D eigenvalue weighted by Gasteiger charge is 2.03. The fraction of sp³-hybridized carbons (Fsp3) is 0.273. The first-order chi connectivity index (χ1) is 7.18. The van der Waals surface area contributed by atoms with Crippen LogP contribution in [-0.2, 0) is 6.54 Å². The van der Waals surface area contributed by atoms with Gasteiger partial charge in [-0.1, -0.05) is 11.6 Å². The van der Waals surface area contributed by atoms with E-state index in [1.807, 2.05) is 31.4 Å². The zero-order valence-electron chi connectivity index (χ0n) is 8.73. The molecule has 0 saturated heterocycles. The van der Waals surface area contributed by atoms with Gasteiger partial charge < -0.3 is 0 Å². The second kappa shape index (κ2) is 3.98. The van der Waals surface area contributed by atoms with Gasteiger partial charge in [0.25, 0.3) is 5.56 Å². The lowest BCUT2D eigenvalue weighted by atomic mass is 10.3. The van der Waals surface area contributed by atoms with Gasteiger partial charge in [0.2, 0.25) is 0 Å². The van der Waals surface area contributed by atoms with Crippen LogP contribution in [0.2, 0.25) is 0 Å². The van der Waals surface area contributed by atoms with Crippen LogP contribution in [0.3, 0.4) is 0 Å². The number of hydrogen-bond acceptors (Lipinski definition) is 3. The Morgan fingerprint density at radius 2 is 2.40 bits per heavy atom. The number of thiophene rings is 1. The first-order valence-electron chi connectivity index (χ1n) is 4.74. The lowest BCUT2D eigenvalue weighted by molar-refractivity contribution is 0.764. The molecule has 0 atom stereocenters. The maximum atomic E-state index is 11.9. The molecule has 2 heterocycles. The second-order valence-corrected chi connectivity index (χ2v) is 4.53. The van der Waals surface area contributed by atoms with E-state index in [2.05, 4.69) is 4.98 Å². The quantitative estimate of drug-likeness (QED) is 0.728. The Morgan fingerprint density at radius 3 is 3.13 bits per heavy atom. The van der Waals surface area contributed by atoms with Gasteiger partial charge in [-0.25, -0.2) is 4.98 Å². The average Bonchev–Trinajstić information content (AvgIpc) is 2.65. The van der Waals surface area contributed by atoms with Gasteiger partial charge in [-0.05, 0) is 25.3 Å². The van der Waals surface area contributed by atoms with Crippen molar-refractivity contribution in [3.8, 4) is 0 Å². The van der Waals surface area contributed by atoms with E-state index in [4.69, 9.17) is 0 Å². The summed E-state index contributed by atoms with van der Waals surface area (Å²) in [6.07, 6.45) is 3.62. The molecule has 0 aromatic carbocycles.